The zero-order valence-electron chi connectivity index (χ0n) is 14.8. The fourth-order valence-corrected chi connectivity index (χ4v) is 2.44. The molecule has 0 aliphatic carbocycles. The molecule has 30 heavy (non-hydrogen) atoms. The SMILES string of the molecule is Nc1c(Nc2ccc(OC(F)(F)F)cc2)ncnc1Nc1ccccc1C(F)(F)F. The van der Waals surface area contributed by atoms with E-state index in [0.717, 1.165) is 24.5 Å². The smallest absolute Gasteiger partial charge is 0.406 e. The predicted octanol–water partition coefficient (Wildman–Crippen LogP) is 5.46. The van der Waals surface area contributed by atoms with Gasteiger partial charge in [-0.15, -0.1) is 13.2 Å². The van der Waals surface area contributed by atoms with Crippen LogP contribution in [-0.4, -0.2) is 16.3 Å². The number of aromatic nitrogens is 2. The third-order valence-corrected chi connectivity index (χ3v) is 3.72. The van der Waals surface area contributed by atoms with Gasteiger partial charge in [0.2, 0.25) is 0 Å². The molecule has 0 aliphatic heterocycles. The van der Waals surface area contributed by atoms with Crippen molar-refractivity contribution >= 4 is 28.7 Å². The number of ether oxygens (including phenoxy) is 1. The number of alkyl halides is 6. The second-order valence-corrected chi connectivity index (χ2v) is 5.85. The van der Waals surface area contributed by atoms with Gasteiger partial charge in [0.15, 0.2) is 11.6 Å². The second kappa shape index (κ2) is 7.97. The maximum absolute atomic E-state index is 13.2. The van der Waals surface area contributed by atoms with E-state index < -0.39 is 23.9 Å². The van der Waals surface area contributed by atoms with Gasteiger partial charge >= 0.3 is 12.5 Å². The highest BCUT2D eigenvalue weighted by molar-refractivity contribution is 5.80. The minimum Gasteiger partial charge on any atom is -0.406 e. The Labute approximate surface area is 165 Å². The molecule has 1 heterocycles. The van der Waals surface area contributed by atoms with E-state index >= 15 is 0 Å². The largest absolute Gasteiger partial charge is 0.573 e. The first kappa shape index (κ1) is 21.0. The van der Waals surface area contributed by atoms with Crippen LogP contribution in [-0.2, 0) is 6.18 Å². The standard InChI is InChI=1S/C18H13F6N5O/c19-17(20,21)12-3-1-2-4-13(12)29-16-14(25)15(26-9-27-16)28-10-5-7-11(8-6-10)30-18(22,23)24/h1-9H,25H2,(H2,26,27,28,29). The zero-order chi connectivity index (χ0) is 21.9. The van der Waals surface area contributed by atoms with Gasteiger partial charge in [-0.3, -0.25) is 0 Å². The lowest BCUT2D eigenvalue weighted by atomic mass is 10.1. The summed E-state index contributed by atoms with van der Waals surface area (Å²) in [5.74, 6) is -0.461. The molecule has 0 aliphatic rings. The Balaban J connectivity index is 1.81. The Hall–Kier alpha value is -3.70. The molecule has 4 N–H and O–H groups in total. The molecular weight excluding hydrogens is 416 g/mol. The third kappa shape index (κ3) is 5.21. The number of anilines is 5. The van der Waals surface area contributed by atoms with Gasteiger partial charge in [0.1, 0.15) is 17.8 Å². The van der Waals surface area contributed by atoms with E-state index in [1.54, 1.807) is 0 Å². The van der Waals surface area contributed by atoms with Crippen molar-refractivity contribution in [3.8, 4) is 5.75 Å². The molecule has 0 saturated carbocycles. The van der Waals surface area contributed by atoms with Crippen LogP contribution in [0.3, 0.4) is 0 Å². The zero-order valence-corrected chi connectivity index (χ0v) is 14.8. The fraction of sp³-hybridized carbons (Fsp3) is 0.111. The molecule has 6 nitrogen and oxygen atoms in total. The van der Waals surface area contributed by atoms with Crippen LogP contribution in [0.25, 0.3) is 0 Å². The Bertz CT molecular complexity index is 1020. The molecule has 0 spiro atoms. The highest BCUT2D eigenvalue weighted by Gasteiger charge is 2.33. The Morgan fingerprint density at radius 2 is 1.40 bits per heavy atom. The number of nitrogens with two attached hydrogens (primary N) is 1. The summed E-state index contributed by atoms with van der Waals surface area (Å²) in [6.07, 6.45) is -8.34. The van der Waals surface area contributed by atoms with Crippen LogP contribution in [0.5, 0.6) is 5.75 Å². The van der Waals surface area contributed by atoms with Crippen LogP contribution in [0.15, 0.2) is 54.9 Å². The number of rotatable bonds is 5. The second-order valence-electron chi connectivity index (χ2n) is 5.85. The first-order valence-corrected chi connectivity index (χ1v) is 8.19. The van der Waals surface area contributed by atoms with Gasteiger partial charge in [-0.1, -0.05) is 12.1 Å². The van der Waals surface area contributed by atoms with Crippen molar-refractivity contribution in [2.75, 3.05) is 16.4 Å². The summed E-state index contributed by atoms with van der Waals surface area (Å²) in [5.41, 5.74) is 5.01. The van der Waals surface area contributed by atoms with E-state index in [0.29, 0.717) is 5.69 Å². The normalized spacial score (nSPS) is 11.8. The number of nitrogens with zero attached hydrogens (tertiary/aromatic N) is 2. The van der Waals surface area contributed by atoms with Gasteiger partial charge in [-0.2, -0.15) is 13.2 Å². The van der Waals surface area contributed by atoms with Gasteiger partial charge in [0, 0.05) is 5.69 Å². The van der Waals surface area contributed by atoms with Gasteiger partial charge in [0.05, 0.1) is 11.3 Å². The molecule has 3 rings (SSSR count). The minimum atomic E-state index is -4.82. The van der Waals surface area contributed by atoms with Crippen LogP contribution < -0.4 is 21.1 Å². The number of nitrogens with one attached hydrogen (secondary N) is 2. The van der Waals surface area contributed by atoms with E-state index in [1.807, 2.05) is 0 Å². The highest BCUT2D eigenvalue weighted by atomic mass is 19.4. The molecule has 158 valence electrons. The molecule has 0 unspecified atom stereocenters. The minimum absolute atomic E-state index is 0.0430. The molecular formula is C18H13F6N5O. The van der Waals surface area contributed by atoms with Crippen LogP contribution in [0.1, 0.15) is 5.56 Å². The molecule has 0 fully saturated rings. The lowest BCUT2D eigenvalue weighted by molar-refractivity contribution is -0.274. The van der Waals surface area contributed by atoms with Gasteiger partial charge in [0.25, 0.3) is 0 Å². The number of hydrogen-bond donors (Lipinski definition) is 3. The Morgan fingerprint density at radius 3 is 2.00 bits per heavy atom. The maximum Gasteiger partial charge on any atom is 0.573 e. The van der Waals surface area contributed by atoms with E-state index in [-0.39, 0.29) is 23.0 Å². The van der Waals surface area contributed by atoms with E-state index in [2.05, 4.69) is 25.3 Å². The summed E-state index contributed by atoms with van der Waals surface area (Å²) in [5, 5.41) is 5.29. The number of hydrogen-bond acceptors (Lipinski definition) is 6. The molecule has 0 radical (unpaired) electrons. The van der Waals surface area contributed by atoms with Crippen molar-refractivity contribution in [2.24, 2.45) is 0 Å². The molecule has 0 bridgehead atoms. The summed E-state index contributed by atoms with van der Waals surface area (Å²) in [6, 6.07) is 9.51. The quantitative estimate of drug-likeness (QED) is 0.467. The molecule has 0 atom stereocenters. The topological polar surface area (TPSA) is 85.1 Å². The van der Waals surface area contributed by atoms with Crippen molar-refractivity contribution < 1.29 is 31.1 Å². The van der Waals surface area contributed by atoms with Crippen molar-refractivity contribution in [1.29, 1.82) is 0 Å². The van der Waals surface area contributed by atoms with Crippen molar-refractivity contribution in [2.45, 2.75) is 12.5 Å². The van der Waals surface area contributed by atoms with Crippen molar-refractivity contribution in [3.05, 3.63) is 60.4 Å². The summed E-state index contributed by atoms with van der Waals surface area (Å²) in [6.45, 7) is 0. The molecule has 12 heteroatoms. The Morgan fingerprint density at radius 1 is 0.800 bits per heavy atom. The van der Waals surface area contributed by atoms with Crippen molar-refractivity contribution in [1.82, 2.24) is 9.97 Å². The first-order valence-electron chi connectivity index (χ1n) is 8.19. The predicted molar refractivity (Wildman–Crippen MR) is 97.6 cm³/mol. The van der Waals surface area contributed by atoms with Gasteiger partial charge in [-0.25, -0.2) is 9.97 Å². The van der Waals surface area contributed by atoms with E-state index in [9.17, 15) is 26.3 Å². The summed E-state index contributed by atoms with van der Waals surface area (Å²) >= 11 is 0. The van der Waals surface area contributed by atoms with Crippen molar-refractivity contribution in [3.63, 3.8) is 0 Å². The van der Waals surface area contributed by atoms with Gasteiger partial charge < -0.3 is 21.1 Å². The summed E-state index contributed by atoms with van der Waals surface area (Å²) in [7, 11) is 0. The van der Waals surface area contributed by atoms with Crippen LogP contribution in [0.4, 0.5) is 55.0 Å². The number of benzene rings is 2. The van der Waals surface area contributed by atoms with E-state index in [4.69, 9.17) is 5.73 Å². The third-order valence-electron chi connectivity index (χ3n) is 3.72. The number of para-hydroxylation sites is 1. The summed E-state index contributed by atoms with van der Waals surface area (Å²) in [4.78, 5) is 7.76. The lowest BCUT2D eigenvalue weighted by Crippen LogP contribution is -2.17. The monoisotopic (exact) mass is 429 g/mol. The maximum atomic E-state index is 13.2. The molecule has 0 amide bonds. The molecule has 2 aromatic carbocycles. The highest BCUT2D eigenvalue weighted by Crippen LogP contribution is 2.37. The molecule has 0 saturated heterocycles. The summed E-state index contributed by atoms with van der Waals surface area (Å²) < 4.78 is 79.9. The van der Waals surface area contributed by atoms with Gasteiger partial charge in [-0.05, 0) is 36.4 Å². The van der Waals surface area contributed by atoms with Crippen LogP contribution in [0.2, 0.25) is 0 Å². The lowest BCUT2D eigenvalue weighted by Gasteiger charge is -2.16. The fourth-order valence-electron chi connectivity index (χ4n) is 2.44. The van der Waals surface area contributed by atoms with Crippen LogP contribution >= 0.6 is 0 Å². The average Bonchev–Trinajstić information content (AvgIpc) is 2.65. The first-order chi connectivity index (χ1) is 14.0. The molecule has 3 aromatic rings. The number of halogens is 6. The average molecular weight is 429 g/mol. The number of nitrogen functional groups attached to an aromatic ring is 1. The Kier molecular flexibility index (Phi) is 5.58. The van der Waals surface area contributed by atoms with Crippen LogP contribution in [0, 0.1) is 0 Å². The molecule has 1 aromatic heterocycles. The van der Waals surface area contributed by atoms with E-state index in [1.165, 1.54) is 30.3 Å².